The maximum atomic E-state index is 13.9. The molecule has 0 N–H and O–H groups in total. The van der Waals surface area contributed by atoms with Gasteiger partial charge in [-0.15, -0.1) is 0 Å². The van der Waals surface area contributed by atoms with Gasteiger partial charge in [0.05, 0.1) is 100 Å². The number of epoxide rings is 3. The molecule has 0 aromatic heterocycles. The zero-order chi connectivity index (χ0) is 39.0. The molecule has 7 fully saturated rings. The zero-order valence-corrected chi connectivity index (χ0v) is 33.0. The fourth-order valence-electron chi connectivity index (χ4n) is 9.26. The summed E-state index contributed by atoms with van der Waals surface area (Å²) in [6, 6.07) is 0. The molecular weight excluding hydrogens is 728 g/mol. The summed E-state index contributed by atoms with van der Waals surface area (Å²) in [5.41, 5.74) is 0. The topological polar surface area (TPSA) is 178 Å². The average Bonchev–Trinajstić information content (AvgIpc) is 4.09. The van der Waals surface area contributed by atoms with Gasteiger partial charge in [0.25, 0.3) is 0 Å². The van der Waals surface area contributed by atoms with Gasteiger partial charge in [-0.3, -0.25) is 24.0 Å². The van der Waals surface area contributed by atoms with E-state index in [-0.39, 0.29) is 81.0 Å². The van der Waals surface area contributed by atoms with Crippen LogP contribution in [0.2, 0.25) is 0 Å². The largest absolute Gasteiger partial charge is 0.466 e. The van der Waals surface area contributed by atoms with Crippen molar-refractivity contribution >= 4 is 29.8 Å². The molecule has 314 valence electrons. The maximum Gasteiger partial charge on any atom is 0.310 e. The minimum Gasteiger partial charge on any atom is -0.466 e. The summed E-state index contributed by atoms with van der Waals surface area (Å²) in [6.45, 7) is 3.68. The first-order chi connectivity index (χ1) is 27.2. The van der Waals surface area contributed by atoms with Gasteiger partial charge in [-0.05, 0) is 120 Å². The van der Waals surface area contributed by atoms with Crippen LogP contribution in [-0.4, -0.2) is 112 Å². The van der Waals surface area contributed by atoms with Crippen molar-refractivity contribution in [1.29, 1.82) is 0 Å². The number of hydrogen-bond acceptors (Lipinski definition) is 14. The van der Waals surface area contributed by atoms with Crippen LogP contribution in [0.4, 0.5) is 0 Å². The van der Waals surface area contributed by atoms with Gasteiger partial charge in [-0.25, -0.2) is 0 Å². The van der Waals surface area contributed by atoms with Crippen LogP contribution >= 0.6 is 0 Å². The third kappa shape index (κ3) is 12.6. The third-order valence-corrected chi connectivity index (χ3v) is 13.0. The summed E-state index contributed by atoms with van der Waals surface area (Å²) in [6.07, 6.45) is 12.4. The average molecular weight is 791 g/mol. The second-order valence-electron chi connectivity index (χ2n) is 17.5. The van der Waals surface area contributed by atoms with E-state index in [9.17, 15) is 24.0 Å². The lowest BCUT2D eigenvalue weighted by Crippen LogP contribution is -2.38. The summed E-state index contributed by atoms with van der Waals surface area (Å²) < 4.78 is 50.8. The predicted octanol–water partition coefficient (Wildman–Crippen LogP) is 4.79. The van der Waals surface area contributed by atoms with Gasteiger partial charge in [0.2, 0.25) is 0 Å². The molecule has 13 atom stereocenters. The Balaban J connectivity index is 0.914. The van der Waals surface area contributed by atoms with Crippen molar-refractivity contribution in [3.8, 4) is 0 Å². The van der Waals surface area contributed by atoms with E-state index >= 15 is 0 Å². The van der Waals surface area contributed by atoms with Crippen LogP contribution in [0.15, 0.2) is 0 Å². The Kier molecular flexibility index (Phi) is 14.6. The molecule has 0 bridgehead atoms. The van der Waals surface area contributed by atoms with Crippen LogP contribution in [0.1, 0.15) is 116 Å². The Morgan fingerprint density at radius 2 is 0.964 bits per heavy atom. The van der Waals surface area contributed by atoms with E-state index in [1.165, 1.54) is 0 Å². The number of carbonyl (C=O) groups is 5. The molecular formula is C42H62O14. The Morgan fingerprint density at radius 3 is 1.46 bits per heavy atom. The van der Waals surface area contributed by atoms with Gasteiger partial charge in [0, 0.05) is 13.0 Å². The van der Waals surface area contributed by atoms with Crippen LogP contribution in [0.5, 0.6) is 0 Å². The quantitative estimate of drug-likeness (QED) is 0.0671. The maximum absolute atomic E-state index is 13.9. The Hall–Kier alpha value is -2.81. The lowest BCUT2D eigenvalue weighted by molar-refractivity contribution is -0.169. The van der Waals surface area contributed by atoms with E-state index in [2.05, 4.69) is 0 Å². The number of unbranched alkanes of at least 4 members (excludes halogenated alkanes) is 2. The SMILES string of the molecule is CC1CC(COC(=O)CCCCCOC(=O)CC(C(=O)OCC2CCC3OC3C2)C(CC(=O)OCC2CCC3OC3C2)C(=O)OCC2CCC3OC3C2)CCO1. The van der Waals surface area contributed by atoms with Gasteiger partial charge in [0.15, 0.2) is 0 Å². The van der Waals surface area contributed by atoms with Crippen molar-refractivity contribution < 1.29 is 66.6 Å². The highest BCUT2D eigenvalue weighted by Gasteiger charge is 2.47. The number of esters is 5. The molecule has 7 aliphatic rings. The highest BCUT2D eigenvalue weighted by atomic mass is 16.6. The van der Waals surface area contributed by atoms with E-state index in [0.29, 0.717) is 56.7 Å². The molecule has 0 radical (unpaired) electrons. The molecule has 14 nitrogen and oxygen atoms in total. The minimum absolute atomic E-state index is 0.0796. The van der Waals surface area contributed by atoms with Crippen molar-refractivity contribution in [3.63, 3.8) is 0 Å². The van der Waals surface area contributed by atoms with Gasteiger partial charge in [-0.1, -0.05) is 0 Å². The summed E-state index contributed by atoms with van der Waals surface area (Å²) in [5, 5.41) is 0. The van der Waals surface area contributed by atoms with E-state index in [4.69, 9.17) is 42.6 Å². The van der Waals surface area contributed by atoms with Crippen molar-refractivity contribution in [3.05, 3.63) is 0 Å². The normalized spacial score (nSPS) is 34.9. The highest BCUT2D eigenvalue weighted by molar-refractivity contribution is 5.88. The van der Waals surface area contributed by atoms with Gasteiger partial charge in [-0.2, -0.15) is 0 Å². The second kappa shape index (κ2) is 19.8. The summed E-state index contributed by atoms with van der Waals surface area (Å²) >= 11 is 0. The van der Waals surface area contributed by atoms with Gasteiger partial charge >= 0.3 is 29.8 Å². The number of ether oxygens (including phenoxy) is 9. The van der Waals surface area contributed by atoms with Crippen LogP contribution in [0.25, 0.3) is 0 Å². The molecule has 0 spiro atoms. The van der Waals surface area contributed by atoms with Crippen molar-refractivity contribution in [2.45, 2.75) is 159 Å². The Morgan fingerprint density at radius 1 is 0.500 bits per heavy atom. The summed E-state index contributed by atoms with van der Waals surface area (Å²) in [7, 11) is 0. The fourth-order valence-corrected chi connectivity index (χ4v) is 9.26. The molecule has 0 aromatic carbocycles. The van der Waals surface area contributed by atoms with E-state index < -0.39 is 48.6 Å². The van der Waals surface area contributed by atoms with Crippen molar-refractivity contribution in [2.75, 3.05) is 39.6 Å². The molecule has 0 amide bonds. The molecule has 7 rings (SSSR count). The number of fused-ring (bicyclic) bond motifs is 3. The second-order valence-corrected chi connectivity index (χ2v) is 17.5. The molecule has 56 heavy (non-hydrogen) atoms. The van der Waals surface area contributed by atoms with E-state index in [0.717, 1.165) is 70.6 Å². The van der Waals surface area contributed by atoms with Gasteiger partial charge in [0.1, 0.15) is 0 Å². The number of hydrogen-bond donors (Lipinski definition) is 0. The lowest BCUT2D eigenvalue weighted by Gasteiger charge is -2.26. The monoisotopic (exact) mass is 790 g/mol. The van der Waals surface area contributed by atoms with E-state index in [1.807, 2.05) is 6.92 Å². The minimum atomic E-state index is -1.30. The van der Waals surface area contributed by atoms with Crippen molar-refractivity contribution in [2.24, 2.45) is 35.5 Å². The first-order valence-corrected chi connectivity index (χ1v) is 21.5. The molecule has 14 heteroatoms. The first-order valence-electron chi connectivity index (χ1n) is 21.5. The van der Waals surface area contributed by atoms with Gasteiger partial charge < -0.3 is 42.6 Å². The van der Waals surface area contributed by atoms with E-state index in [1.54, 1.807) is 0 Å². The van der Waals surface area contributed by atoms with Crippen molar-refractivity contribution in [1.82, 2.24) is 0 Å². The zero-order valence-electron chi connectivity index (χ0n) is 33.0. The number of carbonyl (C=O) groups excluding carboxylic acids is 5. The van der Waals surface area contributed by atoms with Crippen LogP contribution < -0.4 is 0 Å². The molecule has 4 saturated heterocycles. The predicted molar refractivity (Wildman–Crippen MR) is 196 cm³/mol. The molecule has 3 aliphatic carbocycles. The standard InChI is InChI=1S/C42H62O14/c1-25-15-29(12-14-48-25)22-50-38(43)5-3-2-4-13-49-39(44)19-30(41(46)52-23-27-7-10-33-36(17-27)55-33)31(42(47)53-24-28-8-11-34-37(18-28)56-34)20-40(45)51-21-26-6-9-32-35(16-26)54-32/h25-37H,2-24H2,1H3. The third-order valence-electron chi connectivity index (χ3n) is 13.0. The molecule has 3 saturated carbocycles. The van der Waals surface area contributed by atoms with Crippen LogP contribution in [-0.2, 0) is 66.6 Å². The fraction of sp³-hybridized carbons (Fsp3) is 0.881. The smallest absolute Gasteiger partial charge is 0.310 e. The van der Waals surface area contributed by atoms with Crippen LogP contribution in [0.3, 0.4) is 0 Å². The Bertz CT molecular complexity index is 1370. The summed E-state index contributed by atoms with van der Waals surface area (Å²) in [5.74, 6) is -4.90. The van der Waals surface area contributed by atoms with Crippen LogP contribution in [0, 0.1) is 35.5 Å². The molecule has 4 heterocycles. The molecule has 4 aliphatic heterocycles. The summed E-state index contributed by atoms with van der Waals surface area (Å²) in [4.78, 5) is 66.7. The molecule has 13 unspecified atom stereocenters. The first kappa shape index (κ1) is 41.4. The molecule has 0 aromatic rings. The highest BCUT2D eigenvalue weighted by Crippen LogP contribution is 2.42. The number of rotatable bonds is 21. The lowest BCUT2D eigenvalue weighted by atomic mass is 9.86. The Labute approximate surface area is 329 Å².